The number of phenols is 2. The number of hydrogen-bond acceptors (Lipinski definition) is 5. The Labute approximate surface area is 175 Å². The number of carbonyl (C=O) groups excluding carboxylic acids is 1. The number of hydroxylamine groups is 2. The molecule has 5 nitrogen and oxygen atoms in total. The molecule has 154 valence electrons. The molecule has 1 saturated heterocycles. The molecular weight excluding hydrogens is 378 g/mol. The van der Waals surface area contributed by atoms with E-state index in [2.05, 4.69) is 0 Å². The Morgan fingerprint density at radius 2 is 1.33 bits per heavy atom. The van der Waals surface area contributed by atoms with Gasteiger partial charge in [0.1, 0.15) is 11.5 Å². The molecule has 3 aromatic rings. The number of Topliss-reactive ketones (excluding diaryl/α,β-unsaturated/α-hetero) is 1. The van der Waals surface area contributed by atoms with Crippen LogP contribution in [-0.2, 0) is 0 Å². The van der Waals surface area contributed by atoms with E-state index in [-0.39, 0.29) is 29.1 Å². The molecule has 1 heterocycles. The van der Waals surface area contributed by atoms with Crippen molar-refractivity contribution in [3.63, 3.8) is 0 Å². The van der Waals surface area contributed by atoms with Gasteiger partial charge < -0.3 is 20.5 Å². The van der Waals surface area contributed by atoms with Crippen molar-refractivity contribution in [1.29, 1.82) is 0 Å². The Morgan fingerprint density at radius 1 is 0.833 bits per heavy atom. The van der Waals surface area contributed by atoms with Gasteiger partial charge in [-0.25, -0.2) is 0 Å². The second-order valence-corrected chi connectivity index (χ2v) is 7.77. The van der Waals surface area contributed by atoms with E-state index in [1.807, 2.05) is 48.5 Å². The molecule has 0 aliphatic carbocycles. The summed E-state index contributed by atoms with van der Waals surface area (Å²) in [7, 11) is 0. The molecule has 1 aliphatic rings. The SMILES string of the molecule is O=C(c1ccccc1C(c1ccc(O)cc1)c1ccc(O)cc1)C1CCN([O-])CC1. The summed E-state index contributed by atoms with van der Waals surface area (Å²) in [5.41, 5.74) is 3.41. The fourth-order valence-corrected chi connectivity index (χ4v) is 4.20. The fraction of sp³-hybridized carbons (Fsp3) is 0.240. The highest BCUT2D eigenvalue weighted by Gasteiger charge is 2.28. The Hall–Kier alpha value is -3.15. The van der Waals surface area contributed by atoms with Crippen molar-refractivity contribution in [2.24, 2.45) is 5.92 Å². The van der Waals surface area contributed by atoms with Crippen LogP contribution in [0.2, 0.25) is 0 Å². The fourth-order valence-electron chi connectivity index (χ4n) is 4.20. The number of ketones is 1. The van der Waals surface area contributed by atoms with Gasteiger partial charge in [0, 0.05) is 17.4 Å². The Kier molecular flexibility index (Phi) is 5.84. The summed E-state index contributed by atoms with van der Waals surface area (Å²) in [6.45, 7) is 0.774. The molecule has 30 heavy (non-hydrogen) atoms. The zero-order valence-corrected chi connectivity index (χ0v) is 16.6. The molecule has 0 aromatic heterocycles. The lowest BCUT2D eigenvalue weighted by Crippen LogP contribution is -2.33. The van der Waals surface area contributed by atoms with Crippen LogP contribution in [0.5, 0.6) is 11.5 Å². The van der Waals surface area contributed by atoms with Gasteiger partial charge >= 0.3 is 0 Å². The van der Waals surface area contributed by atoms with Gasteiger partial charge in [-0.05, 0) is 66.9 Å². The minimum absolute atomic E-state index is 0.0706. The van der Waals surface area contributed by atoms with Crippen LogP contribution in [0.3, 0.4) is 0 Å². The van der Waals surface area contributed by atoms with Gasteiger partial charge in [-0.2, -0.15) is 0 Å². The highest BCUT2D eigenvalue weighted by molar-refractivity contribution is 5.99. The smallest absolute Gasteiger partial charge is 0.166 e. The van der Waals surface area contributed by atoms with Crippen LogP contribution in [0.25, 0.3) is 0 Å². The molecule has 1 fully saturated rings. The van der Waals surface area contributed by atoms with E-state index in [0.29, 0.717) is 31.5 Å². The third-order valence-electron chi connectivity index (χ3n) is 5.81. The van der Waals surface area contributed by atoms with Gasteiger partial charge in [-0.15, -0.1) is 0 Å². The highest BCUT2D eigenvalue weighted by atomic mass is 16.5. The zero-order valence-electron chi connectivity index (χ0n) is 16.6. The van der Waals surface area contributed by atoms with E-state index >= 15 is 0 Å². The topological polar surface area (TPSA) is 83.8 Å². The summed E-state index contributed by atoms with van der Waals surface area (Å²) in [6, 6.07) is 21.5. The van der Waals surface area contributed by atoms with E-state index in [1.165, 1.54) is 0 Å². The average Bonchev–Trinajstić information content (AvgIpc) is 2.77. The number of hydrogen-bond donors (Lipinski definition) is 2. The summed E-state index contributed by atoms with van der Waals surface area (Å²) < 4.78 is 0. The molecule has 0 spiro atoms. The summed E-state index contributed by atoms with van der Waals surface area (Å²) in [6.07, 6.45) is 1.14. The zero-order chi connectivity index (χ0) is 21.1. The second-order valence-electron chi connectivity index (χ2n) is 7.77. The monoisotopic (exact) mass is 402 g/mol. The normalized spacial score (nSPS) is 15.4. The third kappa shape index (κ3) is 4.22. The number of carbonyl (C=O) groups is 1. The molecule has 5 heteroatoms. The van der Waals surface area contributed by atoms with Crippen LogP contribution in [0.1, 0.15) is 45.8 Å². The Balaban J connectivity index is 1.78. The first-order valence-corrected chi connectivity index (χ1v) is 10.2. The van der Waals surface area contributed by atoms with Crippen molar-refractivity contribution in [2.45, 2.75) is 18.8 Å². The van der Waals surface area contributed by atoms with E-state index in [4.69, 9.17) is 0 Å². The average molecular weight is 402 g/mol. The summed E-state index contributed by atoms with van der Waals surface area (Å²) >= 11 is 0. The molecule has 0 unspecified atom stereocenters. The van der Waals surface area contributed by atoms with Gasteiger partial charge in [-0.3, -0.25) is 4.79 Å². The second kappa shape index (κ2) is 8.69. The quantitative estimate of drug-likeness (QED) is 0.479. The number of nitrogens with zero attached hydrogens (tertiary/aromatic N) is 1. The standard InChI is InChI=1S/C25H24NO4/c27-20-9-5-17(6-10-20)24(18-7-11-21(28)12-8-18)22-3-1-2-4-23(22)25(29)19-13-15-26(30)16-14-19/h1-12,19,24,27-28H,13-16H2/q-1. The summed E-state index contributed by atoms with van der Waals surface area (Å²) in [4.78, 5) is 13.4. The predicted molar refractivity (Wildman–Crippen MR) is 116 cm³/mol. The van der Waals surface area contributed by atoms with Crippen LogP contribution < -0.4 is 0 Å². The van der Waals surface area contributed by atoms with E-state index in [1.54, 1.807) is 24.3 Å². The molecule has 2 N–H and O–H groups in total. The molecule has 0 saturated carbocycles. The van der Waals surface area contributed by atoms with Crippen molar-refractivity contribution in [3.8, 4) is 11.5 Å². The van der Waals surface area contributed by atoms with Crippen LogP contribution in [0.4, 0.5) is 0 Å². The summed E-state index contributed by atoms with van der Waals surface area (Å²) in [5, 5.41) is 32.0. The number of rotatable bonds is 5. The first-order valence-electron chi connectivity index (χ1n) is 10.2. The van der Waals surface area contributed by atoms with Crippen molar-refractivity contribution >= 4 is 5.78 Å². The van der Waals surface area contributed by atoms with Crippen LogP contribution in [0, 0.1) is 11.1 Å². The van der Waals surface area contributed by atoms with Gasteiger partial charge in [0.05, 0.1) is 0 Å². The van der Waals surface area contributed by atoms with Gasteiger partial charge in [0.2, 0.25) is 0 Å². The molecule has 4 rings (SSSR count). The predicted octanol–water partition coefficient (Wildman–Crippen LogP) is 4.67. The van der Waals surface area contributed by atoms with Crippen molar-refractivity contribution in [3.05, 3.63) is 100 Å². The minimum Gasteiger partial charge on any atom is -0.785 e. The molecule has 0 radical (unpaired) electrons. The molecule has 3 aromatic carbocycles. The largest absolute Gasteiger partial charge is 0.785 e. The van der Waals surface area contributed by atoms with Gasteiger partial charge in [-0.1, -0.05) is 48.5 Å². The van der Waals surface area contributed by atoms with Crippen molar-refractivity contribution in [2.75, 3.05) is 13.1 Å². The number of piperidine rings is 1. The lowest BCUT2D eigenvalue weighted by atomic mass is 9.79. The number of phenolic OH excluding ortho intramolecular Hbond substituents is 2. The van der Waals surface area contributed by atoms with Crippen LogP contribution in [-0.4, -0.2) is 34.1 Å². The first kappa shape index (κ1) is 20.1. The molecule has 1 aliphatic heterocycles. The molecule has 0 atom stereocenters. The number of benzene rings is 3. The molecule has 0 bridgehead atoms. The summed E-state index contributed by atoms with van der Waals surface area (Å²) in [5.74, 6) is 0.0396. The number of aromatic hydroxyl groups is 2. The van der Waals surface area contributed by atoms with Crippen molar-refractivity contribution < 1.29 is 15.0 Å². The van der Waals surface area contributed by atoms with E-state index < -0.39 is 0 Å². The van der Waals surface area contributed by atoms with Gasteiger partial charge in [0.25, 0.3) is 0 Å². The first-order chi connectivity index (χ1) is 14.5. The lowest BCUT2D eigenvalue weighted by molar-refractivity contribution is 0.0864. The van der Waals surface area contributed by atoms with Crippen LogP contribution in [0.15, 0.2) is 72.8 Å². The lowest BCUT2D eigenvalue weighted by Gasteiger charge is -2.36. The third-order valence-corrected chi connectivity index (χ3v) is 5.81. The maximum atomic E-state index is 13.4. The minimum atomic E-state index is -0.231. The molecular formula is C25H24NO4-. The Bertz CT molecular complexity index is 961. The highest BCUT2D eigenvalue weighted by Crippen LogP contribution is 2.36. The van der Waals surface area contributed by atoms with E-state index in [9.17, 15) is 20.2 Å². The van der Waals surface area contributed by atoms with Crippen molar-refractivity contribution in [1.82, 2.24) is 5.06 Å². The van der Waals surface area contributed by atoms with E-state index in [0.717, 1.165) is 21.8 Å². The maximum Gasteiger partial charge on any atom is 0.166 e. The van der Waals surface area contributed by atoms with Crippen LogP contribution >= 0.6 is 0 Å². The molecule has 0 amide bonds. The Morgan fingerprint density at radius 3 is 1.87 bits per heavy atom. The maximum absolute atomic E-state index is 13.4. The van der Waals surface area contributed by atoms with Gasteiger partial charge in [0.15, 0.2) is 5.78 Å².